The fourth-order valence-electron chi connectivity index (χ4n) is 3.38. The molecule has 1 unspecified atom stereocenters. The lowest BCUT2D eigenvalue weighted by atomic mass is 10.0. The van der Waals surface area contributed by atoms with E-state index in [1.54, 1.807) is 0 Å². The molecule has 24 heavy (non-hydrogen) atoms. The van der Waals surface area contributed by atoms with Gasteiger partial charge in [-0.05, 0) is 63.3 Å². The van der Waals surface area contributed by atoms with Crippen LogP contribution in [0, 0.1) is 0 Å². The third kappa shape index (κ3) is 4.50. The fraction of sp³-hybridized carbons (Fsp3) is 0.667. The van der Waals surface area contributed by atoms with E-state index in [2.05, 4.69) is 30.6 Å². The number of nitrogens with zero attached hydrogens (tertiary/aromatic N) is 1. The third-order valence-electron chi connectivity index (χ3n) is 4.43. The van der Waals surface area contributed by atoms with E-state index in [0.29, 0.717) is 13.2 Å². The fourth-order valence-corrected chi connectivity index (χ4v) is 4.45. The molecule has 2 N–H and O–H groups in total. The summed E-state index contributed by atoms with van der Waals surface area (Å²) in [6.07, 6.45) is 2.44. The molecule has 0 amide bonds. The van der Waals surface area contributed by atoms with Gasteiger partial charge in [0.1, 0.15) is 13.2 Å². The van der Waals surface area contributed by atoms with Crippen molar-refractivity contribution in [3.8, 4) is 11.5 Å². The van der Waals surface area contributed by atoms with Crippen molar-refractivity contribution >= 4 is 8.32 Å². The highest BCUT2D eigenvalue weighted by Crippen LogP contribution is 2.35. The van der Waals surface area contributed by atoms with Gasteiger partial charge in [0.2, 0.25) is 0 Å². The maximum Gasteiger partial charge on any atom is 0.184 e. The number of likely N-dealkylation sites (tertiary alicyclic amines) is 1. The van der Waals surface area contributed by atoms with Gasteiger partial charge in [-0.25, -0.2) is 0 Å². The Hall–Kier alpha value is -1.08. The molecule has 0 bridgehead atoms. The summed E-state index contributed by atoms with van der Waals surface area (Å²) in [5.41, 5.74) is 7.69. The van der Waals surface area contributed by atoms with Gasteiger partial charge < -0.3 is 24.5 Å². The summed E-state index contributed by atoms with van der Waals surface area (Å²) < 4.78 is 17.8. The normalized spacial score (nSPS) is 20.8. The van der Waals surface area contributed by atoms with Crippen LogP contribution in [0.4, 0.5) is 0 Å². The molecule has 0 radical (unpaired) electrons. The number of hydrogen-bond acceptors (Lipinski definition) is 5. The van der Waals surface area contributed by atoms with Crippen molar-refractivity contribution < 1.29 is 13.9 Å². The monoisotopic (exact) mass is 350 g/mol. The van der Waals surface area contributed by atoms with Gasteiger partial charge in [0.25, 0.3) is 0 Å². The molecule has 134 valence electrons. The van der Waals surface area contributed by atoms with E-state index in [1.807, 2.05) is 12.1 Å². The van der Waals surface area contributed by atoms with Crippen LogP contribution in [0.1, 0.15) is 24.5 Å². The summed E-state index contributed by atoms with van der Waals surface area (Å²) in [5, 5.41) is 0. The summed E-state index contributed by atoms with van der Waals surface area (Å²) in [5.74, 6) is 1.61. The minimum Gasteiger partial charge on any atom is -0.486 e. The van der Waals surface area contributed by atoms with Crippen molar-refractivity contribution in [3.05, 3.63) is 23.8 Å². The Morgan fingerprint density at radius 2 is 1.79 bits per heavy atom. The number of rotatable bonds is 6. The molecule has 1 aromatic rings. The Bertz CT molecular complexity index is 556. The van der Waals surface area contributed by atoms with Crippen LogP contribution in [-0.2, 0) is 4.43 Å². The molecule has 0 aliphatic carbocycles. The van der Waals surface area contributed by atoms with Gasteiger partial charge in [-0.2, -0.15) is 0 Å². The second-order valence-electron chi connectivity index (χ2n) is 7.73. The van der Waals surface area contributed by atoms with Crippen molar-refractivity contribution in [2.24, 2.45) is 5.73 Å². The van der Waals surface area contributed by atoms with Gasteiger partial charge in [0, 0.05) is 12.6 Å². The maximum atomic E-state index is 6.60. The summed E-state index contributed by atoms with van der Waals surface area (Å²) in [4.78, 5) is 2.45. The zero-order chi connectivity index (χ0) is 17.2. The van der Waals surface area contributed by atoms with Gasteiger partial charge in [-0.15, -0.1) is 0 Å². The molecule has 1 fully saturated rings. The van der Waals surface area contributed by atoms with Gasteiger partial charge >= 0.3 is 0 Å². The molecule has 2 aliphatic rings. The molecule has 0 aromatic heterocycles. The lowest BCUT2D eigenvalue weighted by Crippen LogP contribution is -2.44. The molecule has 5 nitrogen and oxygen atoms in total. The zero-order valence-electron chi connectivity index (χ0n) is 15.1. The van der Waals surface area contributed by atoms with Crippen LogP contribution in [0.2, 0.25) is 19.6 Å². The van der Waals surface area contributed by atoms with Crippen LogP contribution in [-0.4, -0.2) is 52.1 Å². The molecular weight excluding hydrogens is 320 g/mol. The number of ether oxygens (including phenoxy) is 2. The van der Waals surface area contributed by atoms with Crippen LogP contribution in [0.5, 0.6) is 11.5 Å². The third-order valence-corrected chi connectivity index (χ3v) is 5.39. The number of hydrogen-bond donors (Lipinski definition) is 1. The number of benzene rings is 1. The van der Waals surface area contributed by atoms with E-state index >= 15 is 0 Å². The predicted octanol–water partition coefficient (Wildman–Crippen LogP) is 2.77. The maximum absolute atomic E-state index is 6.60. The molecule has 0 saturated carbocycles. The van der Waals surface area contributed by atoms with Crippen LogP contribution in [0.3, 0.4) is 0 Å². The van der Waals surface area contributed by atoms with Gasteiger partial charge in [-0.1, -0.05) is 6.07 Å². The van der Waals surface area contributed by atoms with Gasteiger partial charge in [-0.3, -0.25) is 0 Å². The van der Waals surface area contributed by atoms with E-state index < -0.39 is 8.32 Å². The highest BCUT2D eigenvalue weighted by Gasteiger charge is 2.30. The van der Waals surface area contributed by atoms with Gasteiger partial charge in [0.15, 0.2) is 19.8 Å². The molecule has 2 heterocycles. The first kappa shape index (κ1) is 17.7. The Labute approximate surface area is 146 Å². The summed E-state index contributed by atoms with van der Waals surface area (Å²) >= 11 is 0. The Morgan fingerprint density at radius 3 is 2.46 bits per heavy atom. The van der Waals surface area contributed by atoms with Crippen LogP contribution in [0.25, 0.3) is 0 Å². The van der Waals surface area contributed by atoms with E-state index in [-0.39, 0.29) is 12.1 Å². The molecule has 3 rings (SSSR count). The molecule has 0 spiro atoms. The topological polar surface area (TPSA) is 57.0 Å². The predicted molar refractivity (Wildman–Crippen MR) is 98.3 cm³/mol. The smallest absolute Gasteiger partial charge is 0.184 e. The molecule has 2 atom stereocenters. The van der Waals surface area contributed by atoms with Gasteiger partial charge in [0.05, 0.1) is 6.10 Å². The highest BCUT2D eigenvalue weighted by molar-refractivity contribution is 6.69. The van der Waals surface area contributed by atoms with Crippen LogP contribution in [0.15, 0.2) is 18.2 Å². The first-order chi connectivity index (χ1) is 11.4. The van der Waals surface area contributed by atoms with E-state index in [4.69, 9.17) is 19.6 Å². The summed E-state index contributed by atoms with van der Waals surface area (Å²) in [7, 11) is -1.73. The lowest BCUT2D eigenvalue weighted by molar-refractivity contribution is 0.139. The Kier molecular flexibility index (Phi) is 5.49. The minimum absolute atomic E-state index is 0.0441. The Balaban J connectivity index is 1.80. The van der Waals surface area contributed by atoms with Crippen LogP contribution < -0.4 is 15.2 Å². The lowest BCUT2D eigenvalue weighted by Gasteiger charge is -2.33. The van der Waals surface area contributed by atoms with Crippen molar-refractivity contribution in [2.45, 2.75) is 44.6 Å². The van der Waals surface area contributed by atoms with E-state index in [0.717, 1.165) is 36.7 Å². The first-order valence-corrected chi connectivity index (χ1v) is 12.4. The van der Waals surface area contributed by atoms with E-state index in [9.17, 15) is 0 Å². The van der Waals surface area contributed by atoms with Crippen molar-refractivity contribution in [3.63, 3.8) is 0 Å². The van der Waals surface area contributed by atoms with Crippen molar-refractivity contribution in [1.82, 2.24) is 4.90 Å². The summed E-state index contributed by atoms with van der Waals surface area (Å²) in [6, 6.07) is 6.05. The molecule has 1 aromatic carbocycles. The largest absolute Gasteiger partial charge is 0.486 e. The average molecular weight is 351 g/mol. The summed E-state index contributed by atoms with van der Waals surface area (Å²) in [6.45, 7) is 11.0. The molecule has 1 saturated heterocycles. The van der Waals surface area contributed by atoms with E-state index in [1.165, 1.54) is 12.8 Å². The number of nitrogens with two attached hydrogens (primary N) is 1. The first-order valence-electron chi connectivity index (χ1n) is 8.98. The average Bonchev–Trinajstić information content (AvgIpc) is 3.04. The highest BCUT2D eigenvalue weighted by atomic mass is 28.4. The van der Waals surface area contributed by atoms with Crippen molar-refractivity contribution in [2.75, 3.05) is 32.8 Å². The standard InChI is InChI=1S/C18H30N2O3Si/c1-24(2,3)23-18(15(19)13-20-8-4-5-9-20)14-6-7-16-17(12-14)22-11-10-21-16/h6-7,12,15,18H,4-5,8-11,13,19H2,1-3H3/t15-,18?/m1/s1. The SMILES string of the molecule is C[Si](C)(C)OC(c1ccc2c(c1)OCCO2)[C@H](N)CN1CCCC1. The quantitative estimate of drug-likeness (QED) is 0.800. The zero-order valence-corrected chi connectivity index (χ0v) is 16.1. The van der Waals surface area contributed by atoms with Crippen LogP contribution >= 0.6 is 0 Å². The second-order valence-corrected chi connectivity index (χ2v) is 12.2. The Morgan fingerprint density at radius 1 is 1.12 bits per heavy atom. The molecule has 2 aliphatic heterocycles. The number of fused-ring (bicyclic) bond motifs is 1. The second kappa shape index (κ2) is 7.43. The molecular formula is C18H30N2O3Si. The van der Waals surface area contributed by atoms with Crippen molar-refractivity contribution in [1.29, 1.82) is 0 Å². The minimum atomic E-state index is -1.73. The molecule has 6 heteroatoms.